The second kappa shape index (κ2) is 7.93. The molecule has 2 N–H and O–H groups in total. The first-order valence-corrected chi connectivity index (χ1v) is 7.53. The van der Waals surface area contributed by atoms with E-state index in [9.17, 15) is 18.4 Å². The highest BCUT2D eigenvalue weighted by atomic mass is 19.1. The number of hydrogen-bond donors (Lipinski definition) is 2. The minimum atomic E-state index is -0.978. The van der Waals surface area contributed by atoms with Crippen LogP contribution in [0.1, 0.15) is 6.92 Å². The van der Waals surface area contributed by atoms with Crippen LogP contribution in [0.4, 0.5) is 14.5 Å². The van der Waals surface area contributed by atoms with E-state index in [0.717, 1.165) is 19.2 Å². The number of carbonyl (C=O) groups excluding carboxylic acids is 2. The van der Waals surface area contributed by atoms with Gasteiger partial charge < -0.3 is 24.8 Å². The molecule has 0 radical (unpaired) electrons. The molecule has 7 nitrogen and oxygen atoms in total. The Hall–Kier alpha value is -2.68. The van der Waals surface area contributed by atoms with Crippen LogP contribution in [-0.4, -0.2) is 55.3 Å². The van der Waals surface area contributed by atoms with E-state index in [0.29, 0.717) is 0 Å². The van der Waals surface area contributed by atoms with Crippen molar-refractivity contribution in [3.63, 3.8) is 0 Å². The largest absolute Gasteiger partial charge is 0.494 e. The molecule has 1 amide bonds. The van der Waals surface area contributed by atoms with Gasteiger partial charge in [0.25, 0.3) is 5.91 Å². The molecule has 1 aromatic carbocycles. The molecule has 0 bridgehead atoms. The molecule has 136 valence electrons. The molecule has 0 spiro atoms. The Bertz CT molecular complexity index is 697. The van der Waals surface area contributed by atoms with Crippen LogP contribution in [0.2, 0.25) is 0 Å². The van der Waals surface area contributed by atoms with Crippen molar-refractivity contribution in [3.05, 3.63) is 35.0 Å². The third-order valence-corrected chi connectivity index (χ3v) is 3.53. The topological polar surface area (TPSA) is 88.1 Å². The molecule has 0 unspecified atom stereocenters. The summed E-state index contributed by atoms with van der Waals surface area (Å²) in [5.74, 6) is -3.42. The smallest absolute Gasteiger partial charge is 0.337 e. The molecule has 0 fully saturated rings. The van der Waals surface area contributed by atoms with Gasteiger partial charge in [-0.3, -0.25) is 4.79 Å². The summed E-state index contributed by atoms with van der Waals surface area (Å²) >= 11 is 0. The number of ether oxygens (including phenoxy) is 2. The van der Waals surface area contributed by atoms with E-state index in [4.69, 9.17) is 9.84 Å². The van der Waals surface area contributed by atoms with Crippen molar-refractivity contribution < 1.29 is 33.0 Å². The van der Waals surface area contributed by atoms with Gasteiger partial charge in [-0.15, -0.1) is 0 Å². The van der Waals surface area contributed by atoms with E-state index in [1.165, 1.54) is 4.90 Å². The number of esters is 1. The van der Waals surface area contributed by atoms with Crippen molar-refractivity contribution >= 4 is 17.6 Å². The molecule has 1 aliphatic heterocycles. The van der Waals surface area contributed by atoms with Crippen molar-refractivity contribution in [2.45, 2.75) is 6.92 Å². The molecular formula is C16H18F2N2O5. The van der Waals surface area contributed by atoms with Gasteiger partial charge in [-0.2, -0.15) is 0 Å². The Balaban J connectivity index is 2.38. The fraction of sp³-hybridized carbons (Fsp3) is 0.375. The Morgan fingerprint density at radius 2 is 2.00 bits per heavy atom. The van der Waals surface area contributed by atoms with Crippen LogP contribution < -0.4 is 10.1 Å². The predicted molar refractivity (Wildman–Crippen MR) is 83.9 cm³/mol. The zero-order chi connectivity index (χ0) is 18.6. The highest BCUT2D eigenvalue weighted by molar-refractivity contribution is 6.08. The Labute approximate surface area is 142 Å². The van der Waals surface area contributed by atoms with Crippen molar-refractivity contribution in [1.29, 1.82) is 0 Å². The van der Waals surface area contributed by atoms with Crippen LogP contribution in [0.15, 0.2) is 23.4 Å². The summed E-state index contributed by atoms with van der Waals surface area (Å²) < 4.78 is 38.0. The molecule has 1 aromatic rings. The molecule has 0 saturated heterocycles. The fourth-order valence-electron chi connectivity index (χ4n) is 2.39. The zero-order valence-corrected chi connectivity index (χ0v) is 13.8. The Morgan fingerprint density at radius 3 is 2.52 bits per heavy atom. The van der Waals surface area contributed by atoms with Crippen LogP contribution in [0, 0.1) is 11.6 Å². The van der Waals surface area contributed by atoms with Crippen LogP contribution >= 0.6 is 0 Å². The number of β-amino-alcohol motifs (C(OH)–C–C–N with tert-alkyl or cyclic N) is 1. The molecule has 0 saturated carbocycles. The summed E-state index contributed by atoms with van der Waals surface area (Å²) in [5, 5.41) is 11.3. The number of rotatable bonds is 7. The summed E-state index contributed by atoms with van der Waals surface area (Å²) in [7, 11) is 1.13. The molecule has 1 heterocycles. The molecule has 0 aliphatic carbocycles. The number of amides is 1. The second-order valence-corrected chi connectivity index (χ2v) is 5.12. The maximum atomic E-state index is 14.2. The van der Waals surface area contributed by atoms with Gasteiger partial charge in [0.05, 0.1) is 32.4 Å². The third-order valence-electron chi connectivity index (χ3n) is 3.53. The summed E-state index contributed by atoms with van der Waals surface area (Å²) in [6, 6.07) is 1.94. The lowest BCUT2D eigenvalue weighted by Gasteiger charge is -2.15. The minimum absolute atomic E-state index is 0.00452. The molecule has 1 aliphatic rings. The second-order valence-electron chi connectivity index (χ2n) is 5.12. The van der Waals surface area contributed by atoms with Crippen molar-refractivity contribution in [1.82, 2.24) is 4.90 Å². The molecule has 0 atom stereocenters. The molecule has 25 heavy (non-hydrogen) atoms. The summed E-state index contributed by atoms with van der Waals surface area (Å²) in [6.07, 6.45) is 0. The minimum Gasteiger partial charge on any atom is -0.494 e. The lowest BCUT2D eigenvalue weighted by Crippen LogP contribution is -2.31. The maximum Gasteiger partial charge on any atom is 0.337 e. The maximum absolute atomic E-state index is 14.2. The number of hydrogen-bond acceptors (Lipinski definition) is 6. The predicted octanol–water partition coefficient (Wildman–Crippen LogP) is 1.04. The van der Waals surface area contributed by atoms with Gasteiger partial charge in [0, 0.05) is 18.7 Å². The van der Waals surface area contributed by atoms with Gasteiger partial charge in [0.1, 0.15) is 17.1 Å². The molecule has 0 aromatic heterocycles. The van der Waals surface area contributed by atoms with Crippen LogP contribution in [0.3, 0.4) is 0 Å². The van der Waals surface area contributed by atoms with E-state index in [-0.39, 0.29) is 43.3 Å². The average molecular weight is 356 g/mol. The summed E-state index contributed by atoms with van der Waals surface area (Å²) in [6.45, 7) is 1.42. The Kier molecular flexibility index (Phi) is 5.92. The first-order valence-electron chi connectivity index (χ1n) is 7.53. The number of carbonyl (C=O) groups is 2. The number of benzene rings is 1. The molecular weight excluding hydrogens is 338 g/mol. The number of aliphatic hydroxyl groups is 1. The monoisotopic (exact) mass is 356 g/mol. The number of nitrogens with one attached hydrogen (secondary N) is 1. The standard InChI is InChI=1S/C16H18F2N2O5/c1-3-25-9-6-11(17)14(12(18)7-9)19-13-10(16(23)24-2)8-20(4-5-21)15(13)22/h6-7,19,21H,3-5,8H2,1-2H3. The van der Waals surface area contributed by atoms with Crippen LogP contribution in [-0.2, 0) is 14.3 Å². The van der Waals surface area contributed by atoms with Gasteiger partial charge in [-0.05, 0) is 6.92 Å². The SMILES string of the molecule is CCOc1cc(F)c(NC2=C(C(=O)OC)CN(CCO)C2=O)c(F)c1. The van der Waals surface area contributed by atoms with Crippen molar-refractivity contribution in [2.75, 3.05) is 38.7 Å². The van der Waals surface area contributed by atoms with E-state index in [1.807, 2.05) is 0 Å². The number of halogens is 2. The van der Waals surface area contributed by atoms with Gasteiger partial charge in [0.2, 0.25) is 0 Å². The quantitative estimate of drug-likeness (QED) is 0.710. The lowest BCUT2D eigenvalue weighted by atomic mass is 10.2. The number of anilines is 1. The van der Waals surface area contributed by atoms with Crippen LogP contribution in [0.25, 0.3) is 0 Å². The number of methoxy groups -OCH3 is 1. The van der Waals surface area contributed by atoms with Gasteiger partial charge in [0.15, 0.2) is 11.6 Å². The lowest BCUT2D eigenvalue weighted by molar-refractivity contribution is -0.136. The fourth-order valence-corrected chi connectivity index (χ4v) is 2.39. The average Bonchev–Trinajstić information content (AvgIpc) is 2.87. The first kappa shape index (κ1) is 18.7. The zero-order valence-electron chi connectivity index (χ0n) is 13.8. The van der Waals surface area contributed by atoms with E-state index in [1.54, 1.807) is 6.92 Å². The van der Waals surface area contributed by atoms with E-state index in [2.05, 4.69) is 10.1 Å². The molecule has 2 rings (SSSR count). The highest BCUT2D eigenvalue weighted by Crippen LogP contribution is 2.29. The van der Waals surface area contributed by atoms with Gasteiger partial charge in [-0.25, -0.2) is 13.6 Å². The normalized spacial score (nSPS) is 14.1. The summed E-state index contributed by atoms with van der Waals surface area (Å²) in [5.41, 5.74) is -0.949. The highest BCUT2D eigenvalue weighted by Gasteiger charge is 2.35. The van der Waals surface area contributed by atoms with Gasteiger partial charge >= 0.3 is 5.97 Å². The first-order chi connectivity index (χ1) is 11.9. The van der Waals surface area contributed by atoms with E-state index < -0.39 is 29.2 Å². The van der Waals surface area contributed by atoms with Crippen molar-refractivity contribution in [2.24, 2.45) is 0 Å². The van der Waals surface area contributed by atoms with Crippen LogP contribution in [0.5, 0.6) is 5.75 Å². The Morgan fingerprint density at radius 1 is 1.36 bits per heavy atom. The van der Waals surface area contributed by atoms with Gasteiger partial charge in [-0.1, -0.05) is 0 Å². The number of nitrogens with zero attached hydrogens (tertiary/aromatic N) is 1. The summed E-state index contributed by atoms with van der Waals surface area (Å²) in [4.78, 5) is 25.4. The number of aliphatic hydroxyl groups excluding tert-OH is 1. The van der Waals surface area contributed by atoms with Crippen molar-refractivity contribution in [3.8, 4) is 5.75 Å². The van der Waals surface area contributed by atoms with E-state index >= 15 is 0 Å². The third kappa shape index (κ3) is 3.87. The molecule has 9 heteroatoms.